The third kappa shape index (κ3) is 5.61. The molecule has 4 heterocycles. The van der Waals surface area contributed by atoms with E-state index >= 15 is 0 Å². The largest absolute Gasteiger partial charge is 0.478 e. The van der Waals surface area contributed by atoms with Gasteiger partial charge in [-0.15, -0.1) is 34.4 Å². The Morgan fingerprint density at radius 2 is 1.86 bits per heavy atom. The van der Waals surface area contributed by atoms with E-state index < -0.39 is 46.7 Å². The molecule has 2 fully saturated rings. The molecule has 3 aliphatic rings. The van der Waals surface area contributed by atoms with E-state index in [1.54, 1.807) is 5.38 Å². The first kappa shape index (κ1) is 29.3. The monoisotopic (exact) mass is 637 g/mol. The van der Waals surface area contributed by atoms with E-state index in [0.29, 0.717) is 17.2 Å². The van der Waals surface area contributed by atoms with Gasteiger partial charge in [-0.1, -0.05) is 5.16 Å². The van der Waals surface area contributed by atoms with E-state index in [1.807, 2.05) is 0 Å². The summed E-state index contributed by atoms with van der Waals surface area (Å²) in [5, 5.41) is 28.4. The number of carboxylic acids is 2. The van der Waals surface area contributed by atoms with Crippen LogP contribution in [0.2, 0.25) is 0 Å². The molecule has 0 bridgehead atoms. The molecule has 16 nitrogen and oxygen atoms in total. The topological polar surface area (TPSA) is 250 Å². The molecule has 1 unspecified atom stereocenters. The molecule has 2 atom stereocenters. The number of hydrogen-bond donors (Lipinski definition) is 5. The Balaban J connectivity index is 1.28. The number of aromatic nitrogens is 2. The molecule has 0 aromatic carbocycles. The molecule has 0 radical (unpaired) electrons. The number of esters is 1. The number of nitrogens with two attached hydrogens (primary N) is 2. The number of nitrogens with one attached hydrogen (secondary N) is 1. The number of nitrogen functional groups attached to an aromatic ring is 2. The van der Waals surface area contributed by atoms with E-state index in [0.717, 1.165) is 16.2 Å². The number of hydrogen-bond acceptors (Lipinski definition) is 15. The van der Waals surface area contributed by atoms with Crippen LogP contribution in [0.3, 0.4) is 0 Å². The van der Waals surface area contributed by atoms with E-state index in [4.69, 9.17) is 21.0 Å². The van der Waals surface area contributed by atoms with Crippen molar-refractivity contribution in [3.05, 3.63) is 33.4 Å². The number of carbonyl (C=O) groups excluding carboxylic acids is 3. The molecule has 0 spiro atoms. The van der Waals surface area contributed by atoms with Gasteiger partial charge in [0, 0.05) is 34.9 Å². The second-order valence-corrected chi connectivity index (χ2v) is 12.3. The minimum absolute atomic E-state index is 0.0188. The molecular weight excluding hydrogens is 614 g/mol. The van der Waals surface area contributed by atoms with E-state index in [9.17, 15) is 34.2 Å². The highest BCUT2D eigenvalue weighted by Crippen LogP contribution is 2.40. The highest BCUT2D eigenvalue weighted by Gasteiger charge is 2.55. The fourth-order valence-electron chi connectivity index (χ4n) is 4.35. The highest BCUT2D eigenvalue weighted by atomic mass is 32.2. The highest BCUT2D eigenvalue weighted by molar-refractivity contribution is 8.00. The van der Waals surface area contributed by atoms with Crippen LogP contribution in [-0.4, -0.2) is 89.9 Å². The lowest BCUT2D eigenvalue weighted by Gasteiger charge is -2.49. The van der Waals surface area contributed by atoms with Crippen LogP contribution >= 0.6 is 34.4 Å². The van der Waals surface area contributed by atoms with Crippen LogP contribution in [0.15, 0.2) is 27.2 Å². The zero-order valence-electron chi connectivity index (χ0n) is 21.5. The summed E-state index contributed by atoms with van der Waals surface area (Å²) in [5.74, 6) is -4.76. The second kappa shape index (κ2) is 11.6. The Morgan fingerprint density at radius 1 is 1.14 bits per heavy atom. The first-order chi connectivity index (χ1) is 20.0. The number of aliphatic carboxylic acids is 2. The summed E-state index contributed by atoms with van der Waals surface area (Å²) in [6, 6.07) is -1.13. The van der Waals surface area contributed by atoms with Gasteiger partial charge in [-0.3, -0.25) is 19.3 Å². The number of carboxylic acid groups (broad SMARTS) is 2. The Labute approximate surface area is 248 Å². The lowest BCUT2D eigenvalue weighted by molar-refractivity contribution is -0.178. The molecule has 1 saturated heterocycles. The molecule has 42 heavy (non-hydrogen) atoms. The van der Waals surface area contributed by atoms with Gasteiger partial charge in [0.05, 0.1) is 12.1 Å². The minimum Gasteiger partial charge on any atom is -0.478 e. The Kier molecular flexibility index (Phi) is 8.06. The molecule has 7 N–H and O–H groups in total. The van der Waals surface area contributed by atoms with Gasteiger partial charge in [-0.05, 0) is 6.42 Å². The maximum atomic E-state index is 13.3. The molecule has 2 aliphatic heterocycles. The molecule has 222 valence electrons. The summed E-state index contributed by atoms with van der Waals surface area (Å²) in [6.45, 7) is -0.356. The predicted molar refractivity (Wildman–Crippen MR) is 149 cm³/mol. The number of thioether (sulfide) groups is 1. The van der Waals surface area contributed by atoms with Crippen molar-refractivity contribution in [1.29, 1.82) is 0 Å². The number of oxime groups is 1. The summed E-state index contributed by atoms with van der Waals surface area (Å²) >= 11 is 3.35. The maximum Gasteiger partial charge on any atom is 0.352 e. The van der Waals surface area contributed by atoms with Crippen molar-refractivity contribution in [3.63, 3.8) is 0 Å². The molecule has 5 rings (SSSR count). The summed E-state index contributed by atoms with van der Waals surface area (Å²) in [6.07, 6.45) is 0.869. The molecule has 19 heteroatoms. The maximum absolute atomic E-state index is 13.3. The smallest absolute Gasteiger partial charge is 0.352 e. The number of ether oxygens (including phenoxy) is 1. The van der Waals surface area contributed by atoms with Gasteiger partial charge in [-0.25, -0.2) is 19.6 Å². The van der Waals surface area contributed by atoms with Gasteiger partial charge >= 0.3 is 17.9 Å². The molecule has 2 aromatic heterocycles. The normalized spacial score (nSPS) is 21.1. The van der Waals surface area contributed by atoms with Crippen LogP contribution in [0.5, 0.6) is 0 Å². The Bertz CT molecular complexity index is 1530. The Hall–Kier alpha value is -4.23. The Morgan fingerprint density at radius 3 is 2.43 bits per heavy atom. The fraction of sp³-hybridized carbons (Fsp3) is 0.391. The van der Waals surface area contributed by atoms with Crippen LogP contribution in [0.1, 0.15) is 30.7 Å². The van der Waals surface area contributed by atoms with Crippen molar-refractivity contribution in [2.24, 2.45) is 5.16 Å². The summed E-state index contributed by atoms with van der Waals surface area (Å²) in [4.78, 5) is 76.7. The number of rotatable bonds is 11. The van der Waals surface area contributed by atoms with Gasteiger partial charge < -0.3 is 36.6 Å². The van der Waals surface area contributed by atoms with Gasteiger partial charge in [-0.2, -0.15) is 0 Å². The van der Waals surface area contributed by atoms with Gasteiger partial charge in [0.25, 0.3) is 11.8 Å². The first-order valence-electron chi connectivity index (χ1n) is 12.3. The van der Waals surface area contributed by atoms with Crippen LogP contribution in [0.25, 0.3) is 0 Å². The number of β-lactam (4-membered cyclic amide) rings is 1. The fourth-order valence-corrected chi connectivity index (χ4v) is 6.79. The van der Waals surface area contributed by atoms with Crippen molar-refractivity contribution in [3.8, 4) is 0 Å². The third-order valence-electron chi connectivity index (χ3n) is 6.68. The summed E-state index contributed by atoms with van der Waals surface area (Å²) in [5.41, 5.74) is 9.62. The SMILES string of the molecule is Nc1nc(CC(=O)OCC2=C(C(=O)O)N3C(=O)C(NC(=O)C(=NOC4(C(=O)O)CCC4)c4csc(N)n4)[C@H]3SC2)cs1. The van der Waals surface area contributed by atoms with Crippen LogP contribution < -0.4 is 16.8 Å². The van der Waals surface area contributed by atoms with Crippen molar-refractivity contribution < 1.29 is 43.8 Å². The van der Waals surface area contributed by atoms with E-state index in [-0.39, 0.29) is 59.4 Å². The van der Waals surface area contributed by atoms with Crippen molar-refractivity contribution in [2.75, 3.05) is 23.8 Å². The lowest BCUT2D eigenvalue weighted by Crippen LogP contribution is -2.71. The standard InChI is InChI=1S/C23H23N7O9S3/c24-21-26-10(7-41-21)4-12(31)38-5-9-6-40-18-14(17(33)30(18)15(9)19(34)35)28-16(32)13(11-8-42-22(25)27-11)29-39-23(20(36)37)2-1-3-23/h7-8,14,18H,1-6H2,(H2,24,26)(H2,25,27)(H,28,32)(H,34,35)(H,36,37)/t14?,18-/m1/s1. The predicted octanol–water partition coefficient (Wildman–Crippen LogP) is 0.0165. The van der Waals surface area contributed by atoms with Gasteiger partial charge in [0.1, 0.15) is 29.4 Å². The molecule has 1 aliphatic carbocycles. The third-order valence-corrected chi connectivity index (χ3v) is 9.42. The number of nitrogens with zero attached hydrogens (tertiary/aromatic N) is 4. The first-order valence-corrected chi connectivity index (χ1v) is 15.1. The number of anilines is 2. The lowest BCUT2D eigenvalue weighted by atomic mass is 9.80. The molecule has 2 aromatic rings. The molecule has 1 saturated carbocycles. The quantitative estimate of drug-likeness (QED) is 0.0943. The summed E-state index contributed by atoms with van der Waals surface area (Å²) < 4.78 is 5.23. The van der Waals surface area contributed by atoms with Gasteiger partial charge in [0.15, 0.2) is 16.0 Å². The van der Waals surface area contributed by atoms with E-state index in [2.05, 4.69) is 20.4 Å². The zero-order valence-corrected chi connectivity index (χ0v) is 23.9. The van der Waals surface area contributed by atoms with Gasteiger partial charge in [0.2, 0.25) is 5.60 Å². The van der Waals surface area contributed by atoms with Crippen LogP contribution in [-0.2, 0) is 40.0 Å². The zero-order chi connectivity index (χ0) is 30.2. The van der Waals surface area contributed by atoms with Crippen molar-refractivity contribution in [1.82, 2.24) is 20.2 Å². The number of carbonyl (C=O) groups is 5. The van der Waals surface area contributed by atoms with Crippen LogP contribution in [0, 0.1) is 0 Å². The number of thiazole rings is 2. The average molecular weight is 638 g/mol. The number of amides is 2. The van der Waals surface area contributed by atoms with Crippen LogP contribution in [0.4, 0.5) is 10.3 Å². The summed E-state index contributed by atoms with van der Waals surface area (Å²) in [7, 11) is 0. The molecular formula is C23H23N7O9S3. The van der Waals surface area contributed by atoms with Crippen molar-refractivity contribution >= 4 is 80.1 Å². The average Bonchev–Trinajstić information content (AvgIpc) is 3.53. The van der Waals surface area contributed by atoms with E-state index in [1.165, 1.54) is 28.5 Å². The second-order valence-electron chi connectivity index (χ2n) is 9.39. The number of fused-ring (bicyclic) bond motifs is 1. The molecule has 2 amide bonds. The van der Waals surface area contributed by atoms with Crippen molar-refractivity contribution in [2.45, 2.75) is 42.7 Å². The minimum atomic E-state index is -1.57.